The average Bonchev–Trinajstić information content (AvgIpc) is 2.50. The Kier molecular flexibility index (Phi) is 5.18. The lowest BCUT2D eigenvalue weighted by atomic mass is 9.99. The summed E-state index contributed by atoms with van der Waals surface area (Å²) in [6.07, 6.45) is -2.15. The van der Waals surface area contributed by atoms with E-state index in [2.05, 4.69) is 0 Å². The van der Waals surface area contributed by atoms with Gasteiger partial charge in [0.2, 0.25) is 0 Å². The Labute approximate surface area is 131 Å². The maximum absolute atomic E-state index is 10.9. The van der Waals surface area contributed by atoms with Crippen molar-refractivity contribution in [1.82, 2.24) is 0 Å². The van der Waals surface area contributed by atoms with E-state index < -0.39 is 18.2 Å². The van der Waals surface area contributed by atoms with Crippen molar-refractivity contribution in [3.8, 4) is 0 Å². The van der Waals surface area contributed by atoms with E-state index in [9.17, 15) is 19.8 Å². The summed E-state index contributed by atoms with van der Waals surface area (Å²) in [5.41, 5.74) is 0.714. The molecular weight excluding hydrogens is 304 g/mol. The lowest BCUT2D eigenvalue weighted by molar-refractivity contribution is -0.109. The second kappa shape index (κ2) is 6.91. The fourth-order valence-electron chi connectivity index (χ4n) is 2.10. The molecule has 0 aromatic heterocycles. The first-order valence-corrected chi connectivity index (χ1v) is 7.63. The minimum absolute atomic E-state index is 0.118. The zero-order chi connectivity index (χ0) is 16.3. The summed E-state index contributed by atoms with van der Waals surface area (Å²) >= 11 is 0.957. The van der Waals surface area contributed by atoms with Gasteiger partial charge in [0.1, 0.15) is 6.10 Å². The Bertz CT molecular complexity index is 713. The topological polar surface area (TPSA) is 94.8 Å². The molecule has 0 aliphatic carbocycles. The molecule has 2 rings (SSSR count). The van der Waals surface area contributed by atoms with Gasteiger partial charge in [-0.3, -0.25) is 4.79 Å². The van der Waals surface area contributed by atoms with E-state index in [4.69, 9.17) is 5.11 Å². The fourth-order valence-corrected chi connectivity index (χ4v) is 2.69. The van der Waals surface area contributed by atoms with E-state index in [0.29, 0.717) is 5.56 Å². The fraction of sp³-hybridized carbons (Fsp3) is 0.250. The third-order valence-corrected chi connectivity index (χ3v) is 4.19. The predicted octanol–water partition coefficient (Wildman–Crippen LogP) is 2.21. The largest absolute Gasteiger partial charge is 0.478 e. The highest BCUT2D eigenvalue weighted by Gasteiger charge is 2.19. The number of hydrogen-bond donors (Lipinski definition) is 3. The molecule has 0 aliphatic rings. The van der Waals surface area contributed by atoms with Gasteiger partial charge in [0.05, 0.1) is 11.7 Å². The Morgan fingerprint density at radius 1 is 1.09 bits per heavy atom. The Morgan fingerprint density at radius 3 is 2.36 bits per heavy atom. The highest BCUT2D eigenvalue weighted by atomic mass is 32.2. The lowest BCUT2D eigenvalue weighted by Crippen LogP contribution is -2.21. The minimum atomic E-state index is -1.10. The third-order valence-electron chi connectivity index (χ3n) is 3.27. The molecule has 5 nitrogen and oxygen atoms in total. The molecule has 6 heteroatoms. The number of hydrogen-bond acceptors (Lipinski definition) is 5. The maximum atomic E-state index is 10.9. The molecule has 0 spiro atoms. The molecular formula is C16H16O5S. The molecule has 0 saturated carbocycles. The van der Waals surface area contributed by atoms with Gasteiger partial charge in [0.25, 0.3) is 0 Å². The van der Waals surface area contributed by atoms with E-state index in [0.717, 1.165) is 22.5 Å². The van der Waals surface area contributed by atoms with Crippen LogP contribution >= 0.6 is 11.8 Å². The van der Waals surface area contributed by atoms with E-state index in [1.54, 1.807) is 30.3 Å². The van der Waals surface area contributed by atoms with Crippen LogP contribution in [0.2, 0.25) is 0 Å². The Balaban J connectivity index is 2.23. The number of thioether (sulfide) groups is 1. The molecule has 0 heterocycles. The van der Waals surface area contributed by atoms with Gasteiger partial charge in [-0.2, -0.15) is 0 Å². The average molecular weight is 320 g/mol. The first kappa shape index (κ1) is 16.5. The van der Waals surface area contributed by atoms with Crippen LogP contribution in [-0.2, 0) is 4.79 Å². The number of fused-ring (bicyclic) bond motifs is 1. The van der Waals surface area contributed by atoms with Crippen LogP contribution in [0.1, 0.15) is 28.9 Å². The first-order valence-electron chi connectivity index (χ1n) is 6.65. The van der Waals surface area contributed by atoms with Crippen LogP contribution in [0.25, 0.3) is 10.8 Å². The zero-order valence-corrected chi connectivity index (χ0v) is 12.7. The number of carboxylic acid groups (broad SMARTS) is 1. The van der Waals surface area contributed by atoms with E-state index in [1.807, 2.05) is 0 Å². The molecule has 0 fully saturated rings. The quantitative estimate of drug-likeness (QED) is 0.782. The predicted molar refractivity (Wildman–Crippen MR) is 85.0 cm³/mol. The highest BCUT2D eigenvalue weighted by Crippen LogP contribution is 2.25. The number of rotatable bonds is 5. The third kappa shape index (κ3) is 3.85. The Morgan fingerprint density at radius 2 is 1.73 bits per heavy atom. The number of carbonyl (C=O) groups is 2. The van der Waals surface area contributed by atoms with Crippen LogP contribution in [0.3, 0.4) is 0 Å². The van der Waals surface area contributed by atoms with Gasteiger partial charge < -0.3 is 15.3 Å². The number of carboxylic acids is 1. The van der Waals surface area contributed by atoms with Crippen molar-refractivity contribution in [3.63, 3.8) is 0 Å². The van der Waals surface area contributed by atoms with Crippen LogP contribution in [0.15, 0.2) is 36.4 Å². The second-order valence-corrected chi connectivity index (χ2v) is 6.14. The summed E-state index contributed by atoms with van der Waals surface area (Å²) in [5.74, 6) is -0.880. The second-order valence-electron chi connectivity index (χ2n) is 4.94. The minimum Gasteiger partial charge on any atom is -0.478 e. The van der Waals surface area contributed by atoms with Crippen molar-refractivity contribution in [2.75, 3.05) is 5.75 Å². The monoisotopic (exact) mass is 320 g/mol. The van der Waals surface area contributed by atoms with Crippen molar-refractivity contribution in [1.29, 1.82) is 0 Å². The molecule has 2 aromatic rings. The zero-order valence-electron chi connectivity index (χ0n) is 11.9. The normalized spacial score (nSPS) is 13.8. The number of aromatic carboxylic acids is 1. The van der Waals surface area contributed by atoms with Crippen LogP contribution in [0.4, 0.5) is 0 Å². The standard InChI is InChI=1S/C16H16O5S/c1-9(17)22-8-14(18)15(19)12-4-2-11-7-13(16(20)21)5-3-10(11)6-12/h2-7,14-15,18-19H,8H2,1H3,(H,20,21). The maximum Gasteiger partial charge on any atom is 0.335 e. The summed E-state index contributed by atoms with van der Waals surface area (Å²) in [5, 5.41) is 30.4. The van der Waals surface area contributed by atoms with Gasteiger partial charge in [-0.25, -0.2) is 4.79 Å². The smallest absolute Gasteiger partial charge is 0.335 e. The molecule has 116 valence electrons. The van der Waals surface area contributed by atoms with Crippen LogP contribution in [-0.4, -0.2) is 38.3 Å². The molecule has 2 unspecified atom stereocenters. The number of aliphatic hydroxyl groups excluding tert-OH is 2. The van der Waals surface area contributed by atoms with Crippen molar-refractivity contribution in [2.45, 2.75) is 19.1 Å². The van der Waals surface area contributed by atoms with Gasteiger partial charge in [0.15, 0.2) is 5.12 Å². The van der Waals surface area contributed by atoms with Gasteiger partial charge in [-0.1, -0.05) is 30.0 Å². The van der Waals surface area contributed by atoms with Gasteiger partial charge >= 0.3 is 5.97 Å². The van der Waals surface area contributed by atoms with Gasteiger partial charge in [0, 0.05) is 12.7 Å². The molecule has 0 aliphatic heterocycles. The highest BCUT2D eigenvalue weighted by molar-refractivity contribution is 8.13. The van der Waals surface area contributed by atoms with Crippen molar-refractivity contribution in [2.24, 2.45) is 0 Å². The number of benzene rings is 2. The SMILES string of the molecule is CC(=O)SCC(O)C(O)c1ccc2cc(C(=O)O)ccc2c1. The summed E-state index contributed by atoms with van der Waals surface area (Å²) < 4.78 is 0. The first-order chi connectivity index (χ1) is 10.4. The van der Waals surface area contributed by atoms with Crippen LogP contribution in [0, 0.1) is 0 Å². The molecule has 2 aromatic carbocycles. The number of aliphatic hydroxyl groups is 2. The van der Waals surface area contributed by atoms with Crippen LogP contribution < -0.4 is 0 Å². The van der Waals surface area contributed by atoms with E-state index in [-0.39, 0.29) is 16.4 Å². The molecule has 0 bridgehead atoms. The molecule has 0 radical (unpaired) electrons. The van der Waals surface area contributed by atoms with Crippen LogP contribution in [0.5, 0.6) is 0 Å². The van der Waals surface area contributed by atoms with Crippen molar-refractivity contribution in [3.05, 3.63) is 47.5 Å². The lowest BCUT2D eigenvalue weighted by Gasteiger charge is -2.18. The molecule has 2 atom stereocenters. The summed E-state index contributed by atoms with van der Waals surface area (Å²) in [4.78, 5) is 21.8. The van der Waals surface area contributed by atoms with Crippen molar-refractivity contribution >= 4 is 33.6 Å². The van der Waals surface area contributed by atoms with E-state index >= 15 is 0 Å². The Hall–Kier alpha value is -1.89. The molecule has 0 saturated heterocycles. The summed E-state index contributed by atoms with van der Waals surface area (Å²) in [7, 11) is 0. The van der Waals surface area contributed by atoms with Gasteiger partial charge in [-0.15, -0.1) is 0 Å². The summed E-state index contributed by atoms with van der Waals surface area (Å²) in [6.45, 7) is 1.40. The van der Waals surface area contributed by atoms with Crippen molar-refractivity contribution < 1.29 is 24.9 Å². The van der Waals surface area contributed by atoms with E-state index in [1.165, 1.54) is 13.0 Å². The molecule has 0 amide bonds. The number of carbonyl (C=O) groups excluding carboxylic acids is 1. The molecule has 3 N–H and O–H groups in total. The summed E-state index contributed by atoms with van der Waals surface area (Å²) in [6, 6.07) is 9.74. The van der Waals surface area contributed by atoms with Gasteiger partial charge in [-0.05, 0) is 34.5 Å². The molecule has 22 heavy (non-hydrogen) atoms.